The Bertz CT molecular complexity index is 880. The first kappa shape index (κ1) is 22.9. The average Bonchev–Trinajstić information content (AvgIpc) is 3.18. The van der Waals surface area contributed by atoms with Crippen molar-refractivity contribution in [3.8, 4) is 11.1 Å². The Morgan fingerprint density at radius 2 is 2.03 bits per heavy atom. The lowest BCUT2D eigenvalue weighted by Crippen LogP contribution is -2.48. The highest BCUT2D eigenvalue weighted by Crippen LogP contribution is 2.38. The van der Waals surface area contributed by atoms with E-state index in [1.807, 2.05) is 32.3 Å². The van der Waals surface area contributed by atoms with Crippen LogP contribution in [0.2, 0.25) is 10.0 Å². The summed E-state index contributed by atoms with van der Waals surface area (Å²) in [6.07, 6.45) is 5.45. The van der Waals surface area contributed by atoms with Gasteiger partial charge in [0.1, 0.15) is 0 Å². The van der Waals surface area contributed by atoms with Crippen LogP contribution in [0.1, 0.15) is 31.4 Å². The number of nitrogens with zero attached hydrogens (tertiary/aromatic N) is 4. The molecule has 30 heavy (non-hydrogen) atoms. The number of rotatable bonds is 6. The SMILES string of the molecule is CC(NC(=O)N(C)C1CCN(C)CC1)c1ccc(-c2cnn(CCO)c2)c(Cl)c1Cl. The first-order valence-electron chi connectivity index (χ1n) is 10.1. The highest BCUT2D eigenvalue weighted by molar-refractivity contribution is 6.44. The number of carbonyl (C=O) groups is 1. The molecule has 164 valence electrons. The summed E-state index contributed by atoms with van der Waals surface area (Å²) < 4.78 is 1.65. The molecule has 0 saturated carbocycles. The minimum absolute atomic E-state index is 0.0117. The van der Waals surface area contributed by atoms with E-state index in [0.29, 0.717) is 16.6 Å². The van der Waals surface area contributed by atoms with Crippen molar-refractivity contribution in [3.63, 3.8) is 0 Å². The molecule has 2 amide bonds. The molecule has 1 fully saturated rings. The Balaban J connectivity index is 1.70. The van der Waals surface area contributed by atoms with Crippen LogP contribution in [-0.4, -0.2) is 70.6 Å². The minimum Gasteiger partial charge on any atom is -0.394 e. The third-order valence-corrected chi connectivity index (χ3v) is 6.64. The fourth-order valence-corrected chi connectivity index (χ4v) is 4.37. The highest BCUT2D eigenvalue weighted by atomic mass is 35.5. The Hall–Kier alpha value is -1.80. The van der Waals surface area contributed by atoms with E-state index in [4.69, 9.17) is 28.3 Å². The summed E-state index contributed by atoms with van der Waals surface area (Å²) in [7, 11) is 3.95. The molecular weight excluding hydrogens is 425 g/mol. The van der Waals surface area contributed by atoms with Crippen LogP contribution >= 0.6 is 23.2 Å². The van der Waals surface area contributed by atoms with Gasteiger partial charge in [-0.3, -0.25) is 4.68 Å². The molecule has 2 aromatic rings. The monoisotopic (exact) mass is 453 g/mol. The summed E-state index contributed by atoms with van der Waals surface area (Å²) >= 11 is 13.1. The summed E-state index contributed by atoms with van der Waals surface area (Å²) in [6.45, 7) is 4.32. The maximum atomic E-state index is 12.8. The van der Waals surface area contributed by atoms with Crippen LogP contribution in [0.15, 0.2) is 24.5 Å². The molecule has 1 aromatic heterocycles. The number of aliphatic hydroxyl groups is 1. The number of carbonyl (C=O) groups excluding carboxylic acids is 1. The van der Waals surface area contributed by atoms with Gasteiger partial charge in [-0.2, -0.15) is 5.10 Å². The van der Waals surface area contributed by atoms with Crippen LogP contribution in [-0.2, 0) is 6.54 Å². The van der Waals surface area contributed by atoms with Crippen LogP contribution < -0.4 is 5.32 Å². The van der Waals surface area contributed by atoms with Crippen LogP contribution in [0.25, 0.3) is 11.1 Å². The Labute approximate surface area is 187 Å². The molecule has 1 atom stereocenters. The lowest BCUT2D eigenvalue weighted by Gasteiger charge is -2.35. The molecule has 1 saturated heterocycles. The average molecular weight is 454 g/mol. The lowest BCUT2D eigenvalue weighted by molar-refractivity contribution is 0.146. The van der Waals surface area contributed by atoms with Gasteiger partial charge in [-0.15, -0.1) is 0 Å². The Morgan fingerprint density at radius 1 is 1.33 bits per heavy atom. The fourth-order valence-electron chi connectivity index (χ4n) is 3.76. The first-order chi connectivity index (χ1) is 14.3. The van der Waals surface area contributed by atoms with Gasteiger partial charge in [-0.1, -0.05) is 35.3 Å². The van der Waals surface area contributed by atoms with Crippen molar-refractivity contribution in [3.05, 3.63) is 40.1 Å². The van der Waals surface area contributed by atoms with Gasteiger partial charge in [0, 0.05) is 30.4 Å². The second-order valence-electron chi connectivity index (χ2n) is 7.86. The van der Waals surface area contributed by atoms with E-state index in [-0.39, 0.29) is 24.7 Å². The zero-order valence-corrected chi connectivity index (χ0v) is 19.1. The van der Waals surface area contributed by atoms with E-state index >= 15 is 0 Å². The van der Waals surface area contributed by atoms with Gasteiger partial charge in [-0.25, -0.2) is 4.79 Å². The molecule has 9 heteroatoms. The van der Waals surface area contributed by atoms with Gasteiger partial charge in [0.05, 0.1) is 35.4 Å². The predicted molar refractivity (Wildman–Crippen MR) is 120 cm³/mol. The van der Waals surface area contributed by atoms with Crippen LogP contribution in [0.4, 0.5) is 4.79 Å². The molecule has 1 aliphatic heterocycles. The quantitative estimate of drug-likeness (QED) is 0.699. The molecule has 1 aliphatic rings. The molecule has 2 N–H and O–H groups in total. The maximum Gasteiger partial charge on any atom is 0.317 e. The second kappa shape index (κ2) is 10.0. The topological polar surface area (TPSA) is 73.6 Å². The number of piperidine rings is 1. The first-order valence-corrected chi connectivity index (χ1v) is 10.9. The maximum absolute atomic E-state index is 12.8. The largest absolute Gasteiger partial charge is 0.394 e. The summed E-state index contributed by atoms with van der Waals surface area (Å²) in [5.74, 6) is 0. The molecule has 7 nitrogen and oxygen atoms in total. The summed E-state index contributed by atoms with van der Waals surface area (Å²) in [5, 5.41) is 17.1. The van der Waals surface area contributed by atoms with Crippen LogP contribution in [0, 0.1) is 0 Å². The van der Waals surface area contributed by atoms with E-state index < -0.39 is 0 Å². The summed E-state index contributed by atoms with van der Waals surface area (Å²) in [4.78, 5) is 16.8. The van der Waals surface area contributed by atoms with Crippen molar-refractivity contribution in [1.82, 2.24) is 24.9 Å². The number of halogens is 2. The van der Waals surface area contributed by atoms with Crippen LogP contribution in [0.5, 0.6) is 0 Å². The molecule has 3 rings (SSSR count). The third kappa shape index (κ3) is 5.09. The zero-order valence-electron chi connectivity index (χ0n) is 17.6. The van der Waals surface area contributed by atoms with Crippen molar-refractivity contribution in [1.29, 1.82) is 0 Å². The number of likely N-dealkylation sites (tertiary alicyclic amines) is 1. The van der Waals surface area contributed by atoms with Gasteiger partial charge < -0.3 is 20.2 Å². The van der Waals surface area contributed by atoms with E-state index in [1.165, 1.54) is 0 Å². The Kier molecular flexibility index (Phi) is 7.63. The minimum atomic E-state index is -0.289. The zero-order chi connectivity index (χ0) is 21.8. The number of aliphatic hydroxyl groups excluding tert-OH is 1. The van der Waals surface area contributed by atoms with E-state index in [9.17, 15) is 4.79 Å². The number of amides is 2. The van der Waals surface area contributed by atoms with Crippen molar-refractivity contribution >= 4 is 29.2 Å². The number of hydrogen-bond acceptors (Lipinski definition) is 4. The molecule has 0 radical (unpaired) electrons. The Morgan fingerprint density at radius 3 is 2.70 bits per heavy atom. The van der Waals surface area contributed by atoms with Crippen molar-refractivity contribution in [2.75, 3.05) is 33.8 Å². The van der Waals surface area contributed by atoms with Gasteiger partial charge in [0.15, 0.2) is 0 Å². The fraction of sp³-hybridized carbons (Fsp3) is 0.524. The number of hydrogen-bond donors (Lipinski definition) is 2. The van der Waals surface area contributed by atoms with Gasteiger partial charge in [-0.05, 0) is 45.5 Å². The van der Waals surface area contributed by atoms with Gasteiger partial charge >= 0.3 is 6.03 Å². The molecular formula is C21H29Cl2N5O2. The second-order valence-corrected chi connectivity index (χ2v) is 8.62. The predicted octanol–water partition coefficient (Wildman–Crippen LogP) is 3.65. The summed E-state index contributed by atoms with van der Waals surface area (Å²) in [6, 6.07) is 3.60. The molecule has 1 aromatic carbocycles. The van der Waals surface area contributed by atoms with Crippen molar-refractivity contribution < 1.29 is 9.90 Å². The normalized spacial score (nSPS) is 16.5. The number of benzene rings is 1. The van der Waals surface area contributed by atoms with E-state index in [2.05, 4.69) is 22.4 Å². The smallest absolute Gasteiger partial charge is 0.317 e. The van der Waals surface area contributed by atoms with Crippen LogP contribution in [0.3, 0.4) is 0 Å². The van der Waals surface area contributed by atoms with E-state index in [1.54, 1.807) is 15.8 Å². The van der Waals surface area contributed by atoms with Gasteiger partial charge in [0.2, 0.25) is 0 Å². The standard InChI is InChI=1S/C21H29Cl2N5O2/c1-14(25-21(30)27(3)16-6-8-26(2)9-7-16)17-4-5-18(20(23)19(17)22)15-12-24-28(13-15)10-11-29/h4-5,12-14,16,29H,6-11H2,1-3H3,(H,25,30). The third-order valence-electron chi connectivity index (χ3n) is 5.75. The van der Waals surface area contributed by atoms with Crippen molar-refractivity contribution in [2.45, 2.75) is 38.4 Å². The molecule has 0 aliphatic carbocycles. The van der Waals surface area contributed by atoms with Crippen molar-refractivity contribution in [2.24, 2.45) is 0 Å². The molecule has 1 unspecified atom stereocenters. The number of urea groups is 1. The van der Waals surface area contributed by atoms with Gasteiger partial charge in [0.25, 0.3) is 0 Å². The molecule has 0 bridgehead atoms. The molecule has 0 spiro atoms. The summed E-state index contributed by atoms with van der Waals surface area (Å²) in [5.41, 5.74) is 2.34. The lowest BCUT2D eigenvalue weighted by atomic mass is 10.0. The van der Waals surface area contributed by atoms with E-state index in [0.717, 1.165) is 42.6 Å². The number of nitrogens with one attached hydrogen (secondary N) is 1. The highest BCUT2D eigenvalue weighted by Gasteiger charge is 2.25. The molecule has 2 heterocycles. The number of aromatic nitrogens is 2.